The second-order valence-electron chi connectivity index (χ2n) is 12.6. The number of nitrogens with one attached hydrogen (secondary N) is 2. The molecule has 5 atom stereocenters. The Labute approximate surface area is 253 Å². The zero-order valence-electron chi connectivity index (χ0n) is 25.5. The summed E-state index contributed by atoms with van der Waals surface area (Å²) in [5.74, 6) is -1.13. The van der Waals surface area contributed by atoms with Crippen LogP contribution in [-0.4, -0.2) is 78.1 Å². The lowest BCUT2D eigenvalue weighted by Crippen LogP contribution is -2.53. The molecule has 0 aromatic heterocycles. The quantitative estimate of drug-likeness (QED) is 0.291. The van der Waals surface area contributed by atoms with Crippen LogP contribution in [0.25, 0.3) is 11.1 Å². The third-order valence-corrected chi connectivity index (χ3v) is 8.71. The van der Waals surface area contributed by atoms with Crippen LogP contribution in [0.3, 0.4) is 0 Å². The number of carbonyl (C=O) groups is 3. The van der Waals surface area contributed by atoms with Crippen molar-refractivity contribution in [3.05, 3.63) is 59.7 Å². The number of hydrogen-bond donors (Lipinski definition) is 4. The lowest BCUT2D eigenvalue weighted by molar-refractivity contribution is -0.182. The number of hydroxylamine groups is 2. The van der Waals surface area contributed by atoms with Crippen molar-refractivity contribution in [2.75, 3.05) is 26.9 Å². The molecule has 2 aliphatic rings. The third-order valence-electron chi connectivity index (χ3n) is 8.71. The van der Waals surface area contributed by atoms with Gasteiger partial charge < -0.3 is 25.6 Å². The third kappa shape index (κ3) is 8.20. The van der Waals surface area contributed by atoms with Crippen molar-refractivity contribution in [1.29, 1.82) is 0 Å². The van der Waals surface area contributed by atoms with Crippen LogP contribution in [0.5, 0.6) is 0 Å². The van der Waals surface area contributed by atoms with Crippen LogP contribution in [0.2, 0.25) is 0 Å². The van der Waals surface area contributed by atoms with Crippen LogP contribution in [0, 0.1) is 17.3 Å². The Balaban J connectivity index is 1.48. The Morgan fingerprint density at radius 3 is 2.47 bits per heavy atom. The maximum absolute atomic E-state index is 13.7. The fourth-order valence-corrected chi connectivity index (χ4v) is 6.36. The van der Waals surface area contributed by atoms with Crippen LogP contribution in [0.15, 0.2) is 48.5 Å². The number of esters is 1. The number of methoxy groups -OCH3 is 1. The van der Waals surface area contributed by atoms with Crippen molar-refractivity contribution >= 4 is 17.8 Å². The van der Waals surface area contributed by atoms with Gasteiger partial charge in [0, 0.05) is 24.1 Å². The lowest BCUT2D eigenvalue weighted by atomic mass is 9.70. The van der Waals surface area contributed by atoms with Crippen LogP contribution in [-0.2, 0) is 25.7 Å². The topological polar surface area (TPSA) is 137 Å². The summed E-state index contributed by atoms with van der Waals surface area (Å²) in [6.45, 7) is 6.52. The summed E-state index contributed by atoms with van der Waals surface area (Å²) in [4.78, 5) is 43.7. The van der Waals surface area contributed by atoms with E-state index in [0.717, 1.165) is 36.0 Å². The van der Waals surface area contributed by atoms with Gasteiger partial charge in [0.2, 0.25) is 5.91 Å². The summed E-state index contributed by atoms with van der Waals surface area (Å²) in [6, 6.07) is 14.2. The van der Waals surface area contributed by atoms with Crippen molar-refractivity contribution in [2.45, 2.75) is 71.2 Å². The Kier molecular flexibility index (Phi) is 10.9. The average molecular weight is 596 g/mol. The highest BCUT2D eigenvalue weighted by atomic mass is 16.7. The molecule has 2 aromatic carbocycles. The minimum atomic E-state index is -0.759. The molecule has 0 bridgehead atoms. The molecule has 0 radical (unpaired) electrons. The van der Waals surface area contributed by atoms with E-state index in [0.29, 0.717) is 11.5 Å². The van der Waals surface area contributed by atoms with Crippen LogP contribution >= 0.6 is 0 Å². The largest absolute Gasteiger partial charge is 0.469 e. The average Bonchev–Trinajstić information content (AvgIpc) is 3.35. The van der Waals surface area contributed by atoms with E-state index >= 15 is 0 Å². The normalized spacial score (nSPS) is 25.2. The summed E-state index contributed by atoms with van der Waals surface area (Å²) in [6.07, 6.45) is 2.34. The highest BCUT2D eigenvalue weighted by Gasteiger charge is 2.47. The molecule has 10 heteroatoms. The lowest BCUT2D eigenvalue weighted by Gasteiger charge is -2.40. The van der Waals surface area contributed by atoms with Gasteiger partial charge >= 0.3 is 5.97 Å². The van der Waals surface area contributed by atoms with Gasteiger partial charge in [-0.1, -0.05) is 51.1 Å². The standard InChI is InChI=1S/C33H45N3O7/c1-21-17-33(2,3)13-11-27(21)35-32(41)30-26(19-37)28(20-38)43-36(30)18-22-7-5-8-23(15-22)24-9-6-10-25(16-24)31(40)34-14-12-29(39)42-4/h5-10,15-16,21,26-28,30,37-38H,11-14,17-20H2,1-4H3,(H,34,40)(H,35,41)/t21?,26?,27-,28?,30?/m0/s1. The maximum Gasteiger partial charge on any atom is 0.307 e. The Morgan fingerprint density at radius 2 is 1.79 bits per heavy atom. The van der Waals surface area contributed by atoms with Crippen molar-refractivity contribution in [2.24, 2.45) is 17.3 Å². The summed E-state index contributed by atoms with van der Waals surface area (Å²) in [5, 5.41) is 27.7. The first-order chi connectivity index (χ1) is 20.5. The molecule has 4 N–H and O–H groups in total. The highest BCUT2D eigenvalue weighted by molar-refractivity contribution is 5.95. The van der Waals surface area contributed by atoms with Gasteiger partial charge in [0.1, 0.15) is 12.1 Å². The number of carbonyl (C=O) groups excluding carboxylic acids is 3. The summed E-state index contributed by atoms with van der Waals surface area (Å²) < 4.78 is 4.61. The Morgan fingerprint density at radius 1 is 1.07 bits per heavy atom. The molecule has 2 amide bonds. The van der Waals surface area contributed by atoms with E-state index in [4.69, 9.17) is 4.84 Å². The number of nitrogens with zero attached hydrogens (tertiary/aromatic N) is 1. The van der Waals surface area contributed by atoms with Gasteiger partial charge in [-0.25, -0.2) is 0 Å². The first kappa shape index (κ1) is 32.6. The number of aliphatic hydroxyl groups is 2. The van der Waals surface area contributed by atoms with E-state index in [1.165, 1.54) is 7.11 Å². The first-order valence-electron chi connectivity index (χ1n) is 15.0. The Hall–Kier alpha value is -3.31. The summed E-state index contributed by atoms with van der Waals surface area (Å²) in [5.41, 5.74) is 3.28. The monoisotopic (exact) mass is 595 g/mol. The zero-order chi connectivity index (χ0) is 31.1. The van der Waals surface area contributed by atoms with Crippen molar-refractivity contribution in [1.82, 2.24) is 15.7 Å². The number of benzene rings is 2. The number of aliphatic hydroxyl groups excluding tert-OH is 2. The van der Waals surface area contributed by atoms with Crippen molar-refractivity contribution < 1.29 is 34.2 Å². The maximum atomic E-state index is 13.7. The number of hydrogen-bond acceptors (Lipinski definition) is 8. The van der Waals surface area contributed by atoms with E-state index < -0.39 is 24.0 Å². The van der Waals surface area contributed by atoms with Crippen LogP contribution in [0.1, 0.15) is 62.4 Å². The molecule has 1 saturated carbocycles. The minimum Gasteiger partial charge on any atom is -0.469 e. The predicted octanol–water partition coefficient (Wildman–Crippen LogP) is 3.06. The van der Waals surface area contributed by atoms with Gasteiger partial charge in [-0.15, -0.1) is 0 Å². The van der Waals surface area contributed by atoms with E-state index in [9.17, 15) is 24.6 Å². The number of amides is 2. The molecule has 2 aromatic rings. The smallest absolute Gasteiger partial charge is 0.307 e. The molecule has 1 saturated heterocycles. The molecular formula is C33H45N3O7. The molecule has 1 aliphatic carbocycles. The Bertz CT molecular complexity index is 1280. The molecule has 4 unspecified atom stereocenters. The number of ether oxygens (including phenoxy) is 1. The highest BCUT2D eigenvalue weighted by Crippen LogP contribution is 2.39. The minimum absolute atomic E-state index is 0.0446. The summed E-state index contributed by atoms with van der Waals surface area (Å²) in [7, 11) is 1.31. The summed E-state index contributed by atoms with van der Waals surface area (Å²) >= 11 is 0. The molecular weight excluding hydrogens is 550 g/mol. The predicted molar refractivity (Wildman–Crippen MR) is 161 cm³/mol. The molecule has 234 valence electrons. The molecule has 2 fully saturated rings. The van der Waals surface area contributed by atoms with Gasteiger partial charge in [0.25, 0.3) is 5.91 Å². The van der Waals surface area contributed by atoms with Gasteiger partial charge in [-0.3, -0.25) is 19.2 Å². The SMILES string of the molecule is COC(=O)CCNC(=O)c1cccc(-c2cccc(CN3OC(CO)C(CO)C3C(=O)N[C@H]3CCC(C)(C)CC3C)c2)c1. The second kappa shape index (κ2) is 14.4. The van der Waals surface area contributed by atoms with Gasteiger partial charge in [-0.05, 0) is 65.5 Å². The fraction of sp³-hybridized carbons (Fsp3) is 0.545. The van der Waals surface area contributed by atoms with E-state index in [2.05, 4.69) is 36.1 Å². The molecule has 4 rings (SSSR count). The van der Waals surface area contributed by atoms with Crippen molar-refractivity contribution in [3.8, 4) is 11.1 Å². The van der Waals surface area contributed by atoms with Crippen molar-refractivity contribution in [3.63, 3.8) is 0 Å². The zero-order valence-corrected chi connectivity index (χ0v) is 25.5. The molecule has 0 spiro atoms. The van der Waals surface area contributed by atoms with E-state index in [1.807, 2.05) is 30.3 Å². The second-order valence-corrected chi connectivity index (χ2v) is 12.6. The van der Waals surface area contributed by atoms with E-state index in [-0.39, 0.29) is 56.0 Å². The molecule has 10 nitrogen and oxygen atoms in total. The van der Waals surface area contributed by atoms with Gasteiger partial charge in [-0.2, -0.15) is 5.06 Å². The molecule has 1 heterocycles. The van der Waals surface area contributed by atoms with Gasteiger partial charge in [0.05, 0.1) is 33.3 Å². The van der Waals surface area contributed by atoms with Crippen LogP contribution < -0.4 is 10.6 Å². The molecule has 1 aliphatic heterocycles. The molecule has 43 heavy (non-hydrogen) atoms. The number of rotatable bonds is 11. The van der Waals surface area contributed by atoms with E-state index in [1.54, 1.807) is 23.3 Å². The van der Waals surface area contributed by atoms with Gasteiger partial charge in [0.15, 0.2) is 0 Å². The first-order valence-corrected chi connectivity index (χ1v) is 15.0. The fourth-order valence-electron chi connectivity index (χ4n) is 6.36. The van der Waals surface area contributed by atoms with Crippen LogP contribution in [0.4, 0.5) is 0 Å².